The van der Waals surface area contributed by atoms with Gasteiger partial charge in [0, 0.05) is 3.57 Å². The molecule has 0 spiro atoms. The van der Waals surface area contributed by atoms with Crippen LogP contribution in [0, 0.1) is 10.5 Å². The van der Waals surface area contributed by atoms with Gasteiger partial charge in [0.2, 0.25) is 0 Å². The molecule has 15 heavy (non-hydrogen) atoms. The molecule has 0 bridgehead atoms. The molecule has 2 aromatic rings. The zero-order valence-electron chi connectivity index (χ0n) is 8.70. The lowest BCUT2D eigenvalue weighted by Gasteiger charge is -2.05. The van der Waals surface area contributed by atoms with E-state index in [1.165, 1.54) is 20.3 Å². The number of rotatable bonds is 2. The molecule has 0 aliphatic rings. The third kappa shape index (κ3) is 2.81. The topological polar surface area (TPSA) is 0 Å². The van der Waals surface area contributed by atoms with E-state index in [2.05, 4.69) is 78.0 Å². The maximum Gasteiger partial charge on any atom is 0.0165 e. The Balaban J connectivity index is 2.28. The molecule has 76 valence electrons. The molecule has 2 rings (SSSR count). The molecule has 0 N–H and O–H groups in total. The van der Waals surface area contributed by atoms with E-state index in [-0.39, 0.29) is 0 Å². The lowest BCUT2D eigenvalue weighted by molar-refractivity contribution is 1.17. The van der Waals surface area contributed by atoms with E-state index < -0.39 is 0 Å². The molecule has 0 saturated carbocycles. The molecule has 0 heterocycles. The summed E-state index contributed by atoms with van der Waals surface area (Å²) >= 11 is 2.40. The molecule has 0 atom stereocenters. The Labute approximate surface area is 104 Å². The predicted molar refractivity (Wildman–Crippen MR) is 73.1 cm³/mol. The van der Waals surface area contributed by atoms with Gasteiger partial charge in [0.25, 0.3) is 0 Å². The van der Waals surface area contributed by atoms with Gasteiger partial charge in [-0.25, -0.2) is 0 Å². The Morgan fingerprint density at radius 3 is 2.47 bits per heavy atom. The molecule has 0 nitrogen and oxygen atoms in total. The second kappa shape index (κ2) is 4.79. The molecule has 0 aliphatic carbocycles. The van der Waals surface area contributed by atoms with Crippen molar-refractivity contribution in [1.82, 2.24) is 0 Å². The van der Waals surface area contributed by atoms with Gasteiger partial charge in [-0.15, -0.1) is 0 Å². The second-order valence-corrected chi connectivity index (χ2v) is 4.92. The Hall–Kier alpha value is -0.830. The summed E-state index contributed by atoms with van der Waals surface area (Å²) in [5.41, 5.74) is 4.13. The smallest absolute Gasteiger partial charge is 0.0165 e. The molecule has 2 aromatic carbocycles. The van der Waals surface area contributed by atoms with Crippen LogP contribution < -0.4 is 0 Å². The van der Waals surface area contributed by atoms with Crippen molar-refractivity contribution in [2.75, 3.05) is 0 Å². The van der Waals surface area contributed by atoms with Gasteiger partial charge in [-0.2, -0.15) is 0 Å². The van der Waals surface area contributed by atoms with E-state index >= 15 is 0 Å². The summed E-state index contributed by atoms with van der Waals surface area (Å²) in [7, 11) is 0. The molecule has 0 amide bonds. The van der Waals surface area contributed by atoms with E-state index in [1.54, 1.807) is 0 Å². The van der Waals surface area contributed by atoms with Crippen molar-refractivity contribution < 1.29 is 0 Å². The maximum atomic E-state index is 2.40. The number of aryl methyl sites for hydroxylation is 1. The first-order valence-corrected chi connectivity index (χ1v) is 6.12. The van der Waals surface area contributed by atoms with Gasteiger partial charge in [-0.05, 0) is 53.1 Å². The van der Waals surface area contributed by atoms with E-state index in [4.69, 9.17) is 0 Å². The third-order valence-electron chi connectivity index (χ3n) is 2.44. The summed E-state index contributed by atoms with van der Waals surface area (Å²) in [6, 6.07) is 17.2. The van der Waals surface area contributed by atoms with Gasteiger partial charge in [0.1, 0.15) is 0 Å². The summed E-state index contributed by atoms with van der Waals surface area (Å²) in [4.78, 5) is 0. The van der Waals surface area contributed by atoms with Crippen LogP contribution in [0.1, 0.15) is 16.7 Å². The molecule has 0 fully saturated rings. The van der Waals surface area contributed by atoms with Crippen LogP contribution in [0.2, 0.25) is 0 Å². The van der Waals surface area contributed by atoms with Gasteiger partial charge in [-0.1, -0.05) is 48.0 Å². The summed E-state index contributed by atoms with van der Waals surface area (Å²) in [6.07, 6.45) is 1.03. The van der Waals surface area contributed by atoms with E-state index in [9.17, 15) is 0 Å². The SMILES string of the molecule is Cc1ccc(I)c(Cc2ccccc2)c1. The van der Waals surface area contributed by atoms with Crippen molar-refractivity contribution in [3.8, 4) is 0 Å². The monoisotopic (exact) mass is 308 g/mol. The van der Waals surface area contributed by atoms with Crippen LogP contribution in [0.25, 0.3) is 0 Å². The highest BCUT2D eigenvalue weighted by molar-refractivity contribution is 14.1. The van der Waals surface area contributed by atoms with Gasteiger partial charge >= 0.3 is 0 Å². The molecular weight excluding hydrogens is 295 g/mol. The Bertz CT molecular complexity index is 446. The average molecular weight is 308 g/mol. The number of halogens is 1. The van der Waals surface area contributed by atoms with Crippen LogP contribution in [0.15, 0.2) is 48.5 Å². The second-order valence-electron chi connectivity index (χ2n) is 3.76. The fourth-order valence-electron chi connectivity index (χ4n) is 1.65. The minimum atomic E-state index is 1.03. The summed E-state index contributed by atoms with van der Waals surface area (Å²) < 4.78 is 1.35. The Morgan fingerprint density at radius 2 is 1.73 bits per heavy atom. The first-order valence-electron chi connectivity index (χ1n) is 5.04. The van der Waals surface area contributed by atoms with E-state index in [1.807, 2.05) is 0 Å². The molecule has 0 radical (unpaired) electrons. The van der Waals surface area contributed by atoms with E-state index in [0.29, 0.717) is 0 Å². The van der Waals surface area contributed by atoms with E-state index in [0.717, 1.165) is 6.42 Å². The van der Waals surface area contributed by atoms with Gasteiger partial charge in [0.05, 0.1) is 0 Å². The van der Waals surface area contributed by atoms with Gasteiger partial charge in [0.15, 0.2) is 0 Å². The Kier molecular flexibility index (Phi) is 3.41. The lowest BCUT2D eigenvalue weighted by Crippen LogP contribution is -1.92. The maximum absolute atomic E-state index is 2.40. The molecule has 0 aromatic heterocycles. The minimum Gasteiger partial charge on any atom is -0.0622 e. The Morgan fingerprint density at radius 1 is 1.00 bits per heavy atom. The van der Waals surface area contributed by atoms with Gasteiger partial charge in [-0.3, -0.25) is 0 Å². The number of hydrogen-bond acceptors (Lipinski definition) is 0. The van der Waals surface area contributed by atoms with Crippen molar-refractivity contribution in [2.45, 2.75) is 13.3 Å². The van der Waals surface area contributed by atoms with Crippen molar-refractivity contribution in [3.63, 3.8) is 0 Å². The van der Waals surface area contributed by atoms with Crippen molar-refractivity contribution in [1.29, 1.82) is 0 Å². The summed E-state index contributed by atoms with van der Waals surface area (Å²) in [5.74, 6) is 0. The molecular formula is C14H13I. The predicted octanol–water partition coefficient (Wildman–Crippen LogP) is 4.19. The van der Waals surface area contributed by atoms with Crippen LogP contribution in [0.4, 0.5) is 0 Å². The zero-order chi connectivity index (χ0) is 10.7. The third-order valence-corrected chi connectivity index (χ3v) is 3.49. The summed E-state index contributed by atoms with van der Waals surface area (Å²) in [5, 5.41) is 0. The van der Waals surface area contributed by atoms with Crippen LogP contribution >= 0.6 is 22.6 Å². The first-order chi connectivity index (χ1) is 7.25. The molecule has 0 saturated heterocycles. The standard InChI is InChI=1S/C14H13I/c1-11-7-8-14(15)13(9-11)10-12-5-3-2-4-6-12/h2-9H,10H2,1H3. The number of hydrogen-bond donors (Lipinski definition) is 0. The molecule has 0 unspecified atom stereocenters. The number of benzene rings is 2. The fourth-order valence-corrected chi connectivity index (χ4v) is 2.18. The van der Waals surface area contributed by atoms with Crippen LogP contribution in [0.3, 0.4) is 0 Å². The van der Waals surface area contributed by atoms with Crippen molar-refractivity contribution >= 4 is 22.6 Å². The van der Waals surface area contributed by atoms with Crippen LogP contribution in [0.5, 0.6) is 0 Å². The lowest BCUT2D eigenvalue weighted by atomic mass is 10.0. The minimum absolute atomic E-state index is 1.03. The van der Waals surface area contributed by atoms with Gasteiger partial charge < -0.3 is 0 Å². The van der Waals surface area contributed by atoms with Crippen molar-refractivity contribution in [3.05, 3.63) is 68.8 Å². The normalized spacial score (nSPS) is 10.3. The largest absolute Gasteiger partial charge is 0.0622 e. The highest BCUT2D eigenvalue weighted by atomic mass is 127. The summed E-state index contributed by atoms with van der Waals surface area (Å²) in [6.45, 7) is 2.14. The average Bonchev–Trinajstić information content (AvgIpc) is 2.25. The first kappa shape index (κ1) is 10.7. The zero-order valence-corrected chi connectivity index (χ0v) is 10.9. The van der Waals surface area contributed by atoms with Crippen molar-refractivity contribution in [2.24, 2.45) is 0 Å². The van der Waals surface area contributed by atoms with Crippen LogP contribution in [-0.2, 0) is 6.42 Å². The van der Waals surface area contributed by atoms with Crippen LogP contribution in [-0.4, -0.2) is 0 Å². The molecule has 0 aliphatic heterocycles. The quantitative estimate of drug-likeness (QED) is 0.730. The fraction of sp³-hybridized carbons (Fsp3) is 0.143. The highest BCUT2D eigenvalue weighted by Crippen LogP contribution is 2.17. The highest BCUT2D eigenvalue weighted by Gasteiger charge is 2.00. The molecule has 1 heteroatoms.